The highest BCUT2D eigenvalue weighted by atomic mass is 16.5. The number of aromatic amines is 1. The summed E-state index contributed by atoms with van der Waals surface area (Å²) >= 11 is 0. The van der Waals surface area contributed by atoms with Gasteiger partial charge in [0.25, 0.3) is 5.91 Å². The van der Waals surface area contributed by atoms with E-state index in [4.69, 9.17) is 4.74 Å². The molecule has 3 N–H and O–H groups in total. The van der Waals surface area contributed by atoms with Crippen molar-refractivity contribution in [3.8, 4) is 5.75 Å². The van der Waals surface area contributed by atoms with E-state index in [-0.39, 0.29) is 25.0 Å². The second-order valence-corrected chi connectivity index (χ2v) is 4.71. The number of benzene rings is 1. The van der Waals surface area contributed by atoms with Crippen LogP contribution in [0.1, 0.15) is 5.56 Å². The zero-order chi connectivity index (χ0) is 15.4. The first kappa shape index (κ1) is 13.9. The molecule has 22 heavy (non-hydrogen) atoms. The number of amides is 2. The predicted octanol–water partition coefficient (Wildman–Crippen LogP) is 0.940. The quantitative estimate of drug-likeness (QED) is 0.782. The van der Waals surface area contributed by atoms with Crippen LogP contribution in [0.15, 0.2) is 42.2 Å². The number of ether oxygens (including phenoxy) is 1. The van der Waals surface area contributed by atoms with Crippen LogP contribution in [0.5, 0.6) is 5.75 Å². The Morgan fingerprint density at radius 1 is 1.32 bits per heavy atom. The van der Waals surface area contributed by atoms with Crippen LogP contribution in [0.25, 0.3) is 6.08 Å². The molecule has 2 aromatic rings. The van der Waals surface area contributed by atoms with Crippen LogP contribution in [0, 0.1) is 0 Å². The van der Waals surface area contributed by atoms with Crippen molar-refractivity contribution in [1.29, 1.82) is 0 Å². The number of nitrogens with one attached hydrogen (secondary N) is 3. The molecular formula is C15H14N4O3. The van der Waals surface area contributed by atoms with E-state index >= 15 is 0 Å². The summed E-state index contributed by atoms with van der Waals surface area (Å²) < 4.78 is 5.51. The Kier molecular flexibility index (Phi) is 3.86. The molecule has 0 spiro atoms. The smallest absolute Gasteiger partial charge is 0.251 e. The Morgan fingerprint density at radius 3 is 3.00 bits per heavy atom. The van der Waals surface area contributed by atoms with Gasteiger partial charge in [-0.2, -0.15) is 5.10 Å². The van der Waals surface area contributed by atoms with Gasteiger partial charge in [-0.3, -0.25) is 14.7 Å². The second-order valence-electron chi connectivity index (χ2n) is 4.71. The zero-order valence-electron chi connectivity index (χ0n) is 11.6. The molecule has 0 saturated heterocycles. The largest absolute Gasteiger partial charge is 0.488 e. The minimum Gasteiger partial charge on any atom is -0.488 e. The average Bonchev–Trinajstić information content (AvgIpc) is 3.05. The molecule has 1 aromatic carbocycles. The van der Waals surface area contributed by atoms with Gasteiger partial charge in [0.05, 0.1) is 24.0 Å². The normalized spacial score (nSPS) is 12.6. The Labute approximate surface area is 126 Å². The third kappa shape index (κ3) is 3.14. The fourth-order valence-corrected chi connectivity index (χ4v) is 2.05. The van der Waals surface area contributed by atoms with Gasteiger partial charge < -0.3 is 15.4 Å². The summed E-state index contributed by atoms with van der Waals surface area (Å²) in [7, 11) is 0. The van der Waals surface area contributed by atoms with E-state index in [1.54, 1.807) is 12.3 Å². The Hall–Kier alpha value is -3.09. The molecule has 0 unspecified atom stereocenters. The fraction of sp³-hybridized carbons (Fsp3) is 0.133. The number of rotatable bonds is 4. The molecule has 0 saturated carbocycles. The standard InChI is InChI=1S/C15H14N4O3/c20-14(19-12-6-17-18-7-12)8-16-15(21)11-5-10-3-1-2-4-13(10)22-9-11/h1-7H,8-9H2,(H,16,21)(H,17,18)(H,19,20). The topological polar surface area (TPSA) is 96.1 Å². The fourth-order valence-electron chi connectivity index (χ4n) is 2.05. The van der Waals surface area contributed by atoms with Crippen LogP contribution < -0.4 is 15.4 Å². The molecule has 1 aromatic heterocycles. The molecular weight excluding hydrogens is 284 g/mol. The molecule has 2 amide bonds. The van der Waals surface area contributed by atoms with Crippen molar-refractivity contribution < 1.29 is 14.3 Å². The van der Waals surface area contributed by atoms with Crippen molar-refractivity contribution in [1.82, 2.24) is 15.5 Å². The monoisotopic (exact) mass is 298 g/mol. The lowest BCUT2D eigenvalue weighted by Gasteiger charge is -2.17. The number of H-pyrrole nitrogens is 1. The van der Waals surface area contributed by atoms with Gasteiger partial charge in [-0.25, -0.2) is 0 Å². The van der Waals surface area contributed by atoms with Gasteiger partial charge in [-0.1, -0.05) is 18.2 Å². The average molecular weight is 298 g/mol. The number of para-hydroxylation sites is 1. The van der Waals surface area contributed by atoms with Crippen molar-refractivity contribution in [3.05, 3.63) is 47.8 Å². The molecule has 0 radical (unpaired) electrons. The number of aromatic nitrogens is 2. The summed E-state index contributed by atoms with van der Waals surface area (Å²) in [6.07, 6.45) is 4.80. The highest BCUT2D eigenvalue weighted by Gasteiger charge is 2.17. The first-order valence-corrected chi connectivity index (χ1v) is 6.71. The minimum absolute atomic E-state index is 0.122. The van der Waals surface area contributed by atoms with Crippen molar-refractivity contribution in [3.63, 3.8) is 0 Å². The Balaban J connectivity index is 1.56. The summed E-state index contributed by atoms with van der Waals surface area (Å²) in [6, 6.07) is 7.46. The minimum atomic E-state index is -0.326. The summed E-state index contributed by atoms with van der Waals surface area (Å²) in [5.41, 5.74) is 1.88. The molecule has 0 fully saturated rings. The van der Waals surface area contributed by atoms with Crippen LogP contribution in [0.3, 0.4) is 0 Å². The van der Waals surface area contributed by atoms with Crippen molar-refractivity contribution in [2.75, 3.05) is 18.5 Å². The van der Waals surface area contributed by atoms with Crippen molar-refractivity contribution >= 4 is 23.6 Å². The number of nitrogens with zero attached hydrogens (tertiary/aromatic N) is 1. The van der Waals surface area contributed by atoms with E-state index in [1.165, 1.54) is 6.20 Å². The lowest BCUT2D eigenvalue weighted by Crippen LogP contribution is -2.35. The van der Waals surface area contributed by atoms with Gasteiger partial charge in [0, 0.05) is 11.8 Å². The third-order valence-electron chi connectivity index (χ3n) is 3.12. The van der Waals surface area contributed by atoms with E-state index in [0.29, 0.717) is 11.3 Å². The highest BCUT2D eigenvalue weighted by Crippen LogP contribution is 2.25. The van der Waals surface area contributed by atoms with E-state index in [2.05, 4.69) is 20.8 Å². The van der Waals surface area contributed by atoms with Gasteiger partial charge in [-0.05, 0) is 12.1 Å². The van der Waals surface area contributed by atoms with Crippen LogP contribution in [-0.4, -0.2) is 35.2 Å². The molecule has 7 nitrogen and oxygen atoms in total. The van der Waals surface area contributed by atoms with Gasteiger partial charge in [0.1, 0.15) is 12.4 Å². The second kappa shape index (κ2) is 6.13. The number of hydrogen-bond acceptors (Lipinski definition) is 4. The molecule has 0 atom stereocenters. The van der Waals surface area contributed by atoms with Gasteiger partial charge >= 0.3 is 0 Å². The molecule has 1 aliphatic heterocycles. The van der Waals surface area contributed by atoms with Crippen LogP contribution in [-0.2, 0) is 9.59 Å². The number of fused-ring (bicyclic) bond motifs is 1. The maximum Gasteiger partial charge on any atom is 0.251 e. The zero-order valence-corrected chi connectivity index (χ0v) is 11.6. The van der Waals surface area contributed by atoms with E-state index in [1.807, 2.05) is 24.3 Å². The number of anilines is 1. The summed E-state index contributed by atoms with van der Waals surface area (Å²) in [6.45, 7) is 0.0647. The molecule has 2 heterocycles. The molecule has 0 bridgehead atoms. The molecule has 3 rings (SSSR count). The number of carbonyl (C=O) groups is 2. The summed E-state index contributed by atoms with van der Waals surface area (Å²) in [4.78, 5) is 23.7. The SMILES string of the molecule is O=C(CNC(=O)C1=Cc2ccccc2OC1)Nc1cn[nH]c1. The Bertz CT molecular complexity index is 722. The molecule has 112 valence electrons. The van der Waals surface area contributed by atoms with E-state index in [9.17, 15) is 9.59 Å². The number of hydrogen-bond donors (Lipinski definition) is 3. The summed E-state index contributed by atoms with van der Waals surface area (Å²) in [5.74, 6) is 0.0982. The van der Waals surface area contributed by atoms with Gasteiger partial charge in [-0.15, -0.1) is 0 Å². The van der Waals surface area contributed by atoms with Crippen molar-refractivity contribution in [2.24, 2.45) is 0 Å². The highest BCUT2D eigenvalue weighted by molar-refractivity contribution is 6.02. The van der Waals surface area contributed by atoms with Crippen LogP contribution in [0.2, 0.25) is 0 Å². The third-order valence-corrected chi connectivity index (χ3v) is 3.12. The lowest BCUT2D eigenvalue weighted by atomic mass is 10.1. The number of carbonyl (C=O) groups excluding carboxylic acids is 2. The Morgan fingerprint density at radius 2 is 2.18 bits per heavy atom. The van der Waals surface area contributed by atoms with Crippen molar-refractivity contribution in [2.45, 2.75) is 0 Å². The lowest BCUT2D eigenvalue weighted by molar-refractivity contribution is -0.121. The van der Waals surface area contributed by atoms with E-state index < -0.39 is 0 Å². The summed E-state index contributed by atoms with van der Waals surface area (Å²) in [5, 5.41) is 11.5. The maximum absolute atomic E-state index is 12.1. The van der Waals surface area contributed by atoms with Crippen LogP contribution >= 0.6 is 0 Å². The maximum atomic E-state index is 12.1. The molecule has 0 aliphatic carbocycles. The molecule has 1 aliphatic rings. The molecule has 7 heteroatoms. The first-order chi connectivity index (χ1) is 10.7. The van der Waals surface area contributed by atoms with Crippen LogP contribution in [0.4, 0.5) is 5.69 Å². The van der Waals surface area contributed by atoms with Gasteiger partial charge in [0.2, 0.25) is 5.91 Å². The predicted molar refractivity (Wildman–Crippen MR) is 80.1 cm³/mol. The first-order valence-electron chi connectivity index (χ1n) is 6.71. The van der Waals surface area contributed by atoms with E-state index in [0.717, 1.165) is 11.3 Å². The van der Waals surface area contributed by atoms with Gasteiger partial charge in [0.15, 0.2) is 0 Å².